The highest BCUT2D eigenvalue weighted by Gasteiger charge is 2.31. The number of benzene rings is 1. The first kappa shape index (κ1) is 19.2. The number of hydrogen-bond acceptors (Lipinski definition) is 5. The number of anilines is 1. The summed E-state index contributed by atoms with van der Waals surface area (Å²) >= 11 is 0. The molecule has 6 heteroatoms. The fraction of sp³-hybridized carbons (Fsp3) is 0.696. The molecule has 29 heavy (non-hydrogen) atoms. The van der Waals surface area contributed by atoms with Crippen LogP contribution in [0.2, 0.25) is 0 Å². The number of amides is 1. The second-order valence-electron chi connectivity index (χ2n) is 9.37. The molecule has 1 amide bonds. The maximum absolute atomic E-state index is 12.9. The van der Waals surface area contributed by atoms with Crippen molar-refractivity contribution in [2.24, 2.45) is 5.92 Å². The van der Waals surface area contributed by atoms with Gasteiger partial charge in [0.15, 0.2) is 0 Å². The van der Waals surface area contributed by atoms with E-state index in [0.29, 0.717) is 24.1 Å². The summed E-state index contributed by atoms with van der Waals surface area (Å²) in [7, 11) is 0. The lowest BCUT2D eigenvalue weighted by Gasteiger charge is -2.42. The molecule has 4 aliphatic rings. The number of ether oxygens (including phenoxy) is 1. The summed E-state index contributed by atoms with van der Waals surface area (Å²) in [5.41, 5.74) is 8.32. The first-order valence-electron chi connectivity index (χ1n) is 11.5. The van der Waals surface area contributed by atoms with Crippen LogP contribution in [-0.4, -0.2) is 67.1 Å². The van der Waals surface area contributed by atoms with Crippen LogP contribution < -0.4 is 15.8 Å². The van der Waals surface area contributed by atoms with E-state index in [1.165, 1.54) is 58.4 Å². The summed E-state index contributed by atoms with van der Waals surface area (Å²) in [6.45, 7) is 6.84. The summed E-state index contributed by atoms with van der Waals surface area (Å²) in [6.07, 6.45) is 8.19. The smallest absolute Gasteiger partial charge is 0.251 e. The quantitative estimate of drug-likeness (QED) is 0.745. The molecule has 0 radical (unpaired) electrons. The summed E-state index contributed by atoms with van der Waals surface area (Å²) in [5.74, 6) is 1.74. The Balaban J connectivity index is 1.10. The van der Waals surface area contributed by atoms with Gasteiger partial charge in [0.05, 0.1) is 12.3 Å². The number of nitrogens with one attached hydrogen (secondary N) is 1. The van der Waals surface area contributed by atoms with Gasteiger partial charge in [0.25, 0.3) is 5.91 Å². The number of rotatable bonds is 5. The Hall–Kier alpha value is -1.79. The van der Waals surface area contributed by atoms with Gasteiger partial charge in [-0.25, -0.2) is 0 Å². The number of carbonyl (C=O) groups excluding carboxylic acids is 1. The number of nitrogens with two attached hydrogens (primary N) is 1. The molecule has 1 aromatic carbocycles. The van der Waals surface area contributed by atoms with Gasteiger partial charge in [0.1, 0.15) is 5.75 Å². The van der Waals surface area contributed by atoms with Gasteiger partial charge in [-0.05, 0) is 56.6 Å². The van der Waals surface area contributed by atoms with Crippen molar-refractivity contribution < 1.29 is 9.53 Å². The Kier molecular flexibility index (Phi) is 5.39. The highest BCUT2D eigenvalue weighted by atomic mass is 16.5. The topological polar surface area (TPSA) is 70.8 Å². The standard InChI is InChI=1S/C23H34N4O2/c24-21-8-7-20(19-9-14-29-22(19)21)23(28)25-17-3-5-18(6-4-17)27-12-10-26(11-13-27)15-16-1-2-16/h7-8,16-18H,1-6,9-15,24H2,(H,25,28)/t17-,18+. The molecular formula is C23H34N4O2. The minimum Gasteiger partial charge on any atom is -0.491 e. The molecule has 2 aliphatic heterocycles. The Morgan fingerprint density at radius 3 is 2.55 bits per heavy atom. The maximum Gasteiger partial charge on any atom is 0.251 e. The zero-order valence-corrected chi connectivity index (χ0v) is 17.4. The molecule has 158 valence electrons. The fourth-order valence-corrected chi connectivity index (χ4v) is 5.36. The SMILES string of the molecule is Nc1ccc(C(=O)N[C@H]2CC[C@@H](N3CCN(CC4CC4)CC3)CC2)c2c1OCC2. The highest BCUT2D eigenvalue weighted by Crippen LogP contribution is 2.35. The van der Waals surface area contributed by atoms with Gasteiger partial charge in [0, 0.05) is 62.4 Å². The molecule has 0 spiro atoms. The van der Waals surface area contributed by atoms with Gasteiger partial charge in [-0.2, -0.15) is 0 Å². The lowest BCUT2D eigenvalue weighted by molar-refractivity contribution is 0.0694. The van der Waals surface area contributed by atoms with Crippen molar-refractivity contribution in [2.45, 2.75) is 57.0 Å². The molecule has 0 unspecified atom stereocenters. The van der Waals surface area contributed by atoms with E-state index in [2.05, 4.69) is 15.1 Å². The van der Waals surface area contributed by atoms with Crippen LogP contribution in [-0.2, 0) is 6.42 Å². The summed E-state index contributed by atoms with van der Waals surface area (Å²) in [4.78, 5) is 18.2. The van der Waals surface area contributed by atoms with Crippen molar-refractivity contribution >= 4 is 11.6 Å². The lowest BCUT2D eigenvalue weighted by atomic mass is 9.89. The van der Waals surface area contributed by atoms with Gasteiger partial charge < -0.3 is 20.7 Å². The fourth-order valence-electron chi connectivity index (χ4n) is 5.36. The Morgan fingerprint density at radius 1 is 1.07 bits per heavy atom. The van der Waals surface area contributed by atoms with E-state index in [9.17, 15) is 4.79 Å². The molecule has 2 aliphatic carbocycles. The third-order valence-corrected chi connectivity index (χ3v) is 7.30. The van der Waals surface area contributed by atoms with Crippen molar-refractivity contribution in [1.82, 2.24) is 15.1 Å². The van der Waals surface area contributed by atoms with E-state index in [1.54, 1.807) is 6.07 Å². The van der Waals surface area contributed by atoms with Crippen LogP contribution in [0.4, 0.5) is 5.69 Å². The van der Waals surface area contributed by atoms with Crippen molar-refractivity contribution in [3.63, 3.8) is 0 Å². The average Bonchev–Trinajstić information content (AvgIpc) is 3.41. The molecule has 0 atom stereocenters. The average molecular weight is 399 g/mol. The largest absolute Gasteiger partial charge is 0.491 e. The van der Waals surface area contributed by atoms with Crippen LogP contribution >= 0.6 is 0 Å². The summed E-state index contributed by atoms with van der Waals surface area (Å²) < 4.78 is 5.61. The highest BCUT2D eigenvalue weighted by molar-refractivity contribution is 5.97. The van der Waals surface area contributed by atoms with Crippen molar-refractivity contribution in [2.75, 3.05) is 45.1 Å². The number of nitrogens with zero attached hydrogens (tertiary/aromatic N) is 2. The first-order chi connectivity index (χ1) is 14.2. The molecule has 1 aromatic rings. The van der Waals surface area contributed by atoms with Gasteiger partial charge in [-0.1, -0.05) is 0 Å². The Bertz CT molecular complexity index is 747. The minimum absolute atomic E-state index is 0.0314. The zero-order valence-electron chi connectivity index (χ0n) is 17.4. The van der Waals surface area contributed by atoms with Crippen LogP contribution in [0.5, 0.6) is 5.75 Å². The normalized spacial score (nSPS) is 28.0. The van der Waals surface area contributed by atoms with Crippen LogP contribution in [0.15, 0.2) is 12.1 Å². The minimum atomic E-state index is 0.0314. The molecular weight excluding hydrogens is 364 g/mol. The number of nitrogen functional groups attached to an aromatic ring is 1. The third kappa shape index (κ3) is 4.24. The van der Waals surface area contributed by atoms with Crippen LogP contribution in [0.3, 0.4) is 0 Å². The van der Waals surface area contributed by atoms with Crippen molar-refractivity contribution in [3.8, 4) is 5.75 Å². The number of piperazine rings is 1. The molecule has 1 saturated heterocycles. The Morgan fingerprint density at radius 2 is 1.83 bits per heavy atom. The molecule has 3 fully saturated rings. The van der Waals surface area contributed by atoms with Gasteiger partial charge in [0.2, 0.25) is 0 Å². The zero-order chi connectivity index (χ0) is 19.8. The molecule has 2 heterocycles. The molecule has 5 rings (SSSR count). The second kappa shape index (κ2) is 8.15. The van der Waals surface area contributed by atoms with E-state index < -0.39 is 0 Å². The number of carbonyl (C=O) groups is 1. The van der Waals surface area contributed by atoms with Crippen LogP contribution in [0, 0.1) is 5.92 Å². The van der Waals surface area contributed by atoms with Crippen molar-refractivity contribution in [1.29, 1.82) is 0 Å². The van der Waals surface area contributed by atoms with Crippen LogP contribution in [0.25, 0.3) is 0 Å². The van der Waals surface area contributed by atoms with Crippen molar-refractivity contribution in [3.05, 3.63) is 23.3 Å². The Labute approximate surface area is 173 Å². The van der Waals surface area contributed by atoms with E-state index in [-0.39, 0.29) is 11.9 Å². The van der Waals surface area contributed by atoms with E-state index in [0.717, 1.165) is 36.3 Å². The second-order valence-corrected chi connectivity index (χ2v) is 9.37. The lowest BCUT2D eigenvalue weighted by Crippen LogP contribution is -2.52. The molecule has 3 N–H and O–H groups in total. The summed E-state index contributed by atoms with van der Waals surface area (Å²) in [5, 5.41) is 3.28. The van der Waals surface area contributed by atoms with Crippen LogP contribution in [0.1, 0.15) is 54.4 Å². The monoisotopic (exact) mass is 398 g/mol. The first-order valence-corrected chi connectivity index (χ1v) is 11.5. The maximum atomic E-state index is 12.9. The predicted molar refractivity (Wildman–Crippen MR) is 114 cm³/mol. The summed E-state index contributed by atoms with van der Waals surface area (Å²) in [6, 6.07) is 4.62. The molecule has 0 aromatic heterocycles. The number of hydrogen-bond donors (Lipinski definition) is 2. The third-order valence-electron chi connectivity index (χ3n) is 7.30. The van der Waals surface area contributed by atoms with Gasteiger partial charge in [-0.15, -0.1) is 0 Å². The number of fused-ring (bicyclic) bond motifs is 1. The van der Waals surface area contributed by atoms with E-state index in [1.807, 2.05) is 6.07 Å². The van der Waals surface area contributed by atoms with E-state index in [4.69, 9.17) is 10.5 Å². The molecule has 2 saturated carbocycles. The molecule has 6 nitrogen and oxygen atoms in total. The predicted octanol–water partition coefficient (Wildman–Crippen LogP) is 2.27. The van der Waals surface area contributed by atoms with Gasteiger partial charge in [-0.3, -0.25) is 9.69 Å². The molecule has 0 bridgehead atoms. The van der Waals surface area contributed by atoms with Gasteiger partial charge >= 0.3 is 0 Å². The van der Waals surface area contributed by atoms with E-state index >= 15 is 0 Å².